The molecule has 2 aromatic rings. The van der Waals surface area contributed by atoms with Gasteiger partial charge in [-0.1, -0.05) is 31.4 Å². The SMILES string of the molecule is C=C/C=C(/c1ccc2cnc(NC(=O)[C@H]3CC[C@H](N4CCOCC4)CC3)cc2c1)N(C)C(=C)C. The number of carbonyl (C=O) groups is 1. The standard InChI is InChI=1S/C28H36N4O2/c1-5-6-26(31(4)20(2)3)22-7-8-23-19-29-27(18-24(23)17-22)30-28(33)21-9-11-25(12-10-21)32-13-15-34-16-14-32/h5-8,17-19,21,25H,1-2,9-16H2,3-4H3,(H,29,30,33)/b26-6-/t21-,25-. The first-order valence-corrected chi connectivity index (χ1v) is 12.2. The van der Waals surface area contributed by atoms with Crippen molar-refractivity contribution in [2.75, 3.05) is 38.7 Å². The maximum Gasteiger partial charge on any atom is 0.228 e. The molecule has 2 fully saturated rings. The number of fused-ring (bicyclic) bond motifs is 1. The zero-order valence-electron chi connectivity index (χ0n) is 20.4. The monoisotopic (exact) mass is 460 g/mol. The summed E-state index contributed by atoms with van der Waals surface area (Å²) in [6, 6.07) is 8.79. The fraction of sp³-hybridized carbons (Fsp3) is 0.429. The van der Waals surface area contributed by atoms with Gasteiger partial charge in [0.1, 0.15) is 5.82 Å². The Morgan fingerprint density at radius 2 is 1.91 bits per heavy atom. The number of carbonyl (C=O) groups excluding carboxylic acids is 1. The number of anilines is 1. The zero-order valence-corrected chi connectivity index (χ0v) is 20.4. The first-order chi connectivity index (χ1) is 16.5. The molecule has 0 unspecified atom stereocenters. The Morgan fingerprint density at radius 1 is 1.18 bits per heavy atom. The number of amides is 1. The van der Waals surface area contributed by atoms with E-state index in [2.05, 4.69) is 46.6 Å². The van der Waals surface area contributed by atoms with E-state index < -0.39 is 0 Å². The van der Waals surface area contributed by atoms with E-state index in [0.717, 1.165) is 79.7 Å². The molecule has 2 heterocycles. The van der Waals surface area contributed by atoms with Gasteiger partial charge in [-0.2, -0.15) is 0 Å². The highest BCUT2D eigenvalue weighted by Crippen LogP contribution is 2.30. The van der Waals surface area contributed by atoms with Crippen LogP contribution in [-0.2, 0) is 9.53 Å². The first-order valence-electron chi connectivity index (χ1n) is 12.2. The van der Waals surface area contributed by atoms with Crippen LogP contribution in [0.5, 0.6) is 0 Å². The van der Waals surface area contributed by atoms with Gasteiger partial charge in [-0.3, -0.25) is 9.69 Å². The molecule has 4 rings (SSSR count). The van der Waals surface area contributed by atoms with E-state index in [4.69, 9.17) is 4.74 Å². The highest BCUT2D eigenvalue weighted by molar-refractivity contribution is 5.94. The number of nitrogens with one attached hydrogen (secondary N) is 1. The molecule has 34 heavy (non-hydrogen) atoms. The van der Waals surface area contributed by atoms with Gasteiger partial charge in [0.25, 0.3) is 0 Å². The molecule has 1 aliphatic heterocycles. The minimum atomic E-state index is 0.0486. The third-order valence-corrected chi connectivity index (χ3v) is 7.11. The van der Waals surface area contributed by atoms with Crippen LogP contribution in [0.1, 0.15) is 38.2 Å². The van der Waals surface area contributed by atoms with Crippen LogP contribution in [0.25, 0.3) is 16.5 Å². The molecule has 1 aliphatic carbocycles. The predicted octanol–water partition coefficient (Wildman–Crippen LogP) is 5.06. The minimum Gasteiger partial charge on any atom is -0.379 e. The van der Waals surface area contributed by atoms with E-state index >= 15 is 0 Å². The summed E-state index contributed by atoms with van der Waals surface area (Å²) in [6.45, 7) is 13.6. The van der Waals surface area contributed by atoms with Crippen molar-refractivity contribution in [1.82, 2.24) is 14.8 Å². The highest BCUT2D eigenvalue weighted by atomic mass is 16.5. The number of hydrogen-bond donors (Lipinski definition) is 1. The lowest BCUT2D eigenvalue weighted by molar-refractivity contribution is -0.121. The summed E-state index contributed by atoms with van der Waals surface area (Å²) in [7, 11) is 1.99. The Balaban J connectivity index is 1.44. The van der Waals surface area contributed by atoms with Crippen LogP contribution in [0.15, 0.2) is 61.5 Å². The lowest BCUT2D eigenvalue weighted by Gasteiger charge is -2.38. The summed E-state index contributed by atoms with van der Waals surface area (Å²) in [5.74, 6) is 0.734. The summed E-state index contributed by atoms with van der Waals surface area (Å²) >= 11 is 0. The van der Waals surface area contributed by atoms with Gasteiger partial charge in [-0.05, 0) is 61.8 Å². The Hall–Kier alpha value is -2.96. The molecule has 6 nitrogen and oxygen atoms in total. The fourth-order valence-corrected chi connectivity index (χ4v) is 4.96. The van der Waals surface area contributed by atoms with Gasteiger partial charge in [-0.25, -0.2) is 4.98 Å². The molecule has 0 radical (unpaired) electrons. The van der Waals surface area contributed by atoms with Gasteiger partial charge < -0.3 is 15.0 Å². The molecule has 1 saturated carbocycles. The van der Waals surface area contributed by atoms with E-state index in [0.29, 0.717) is 11.9 Å². The number of ether oxygens (including phenoxy) is 1. The van der Waals surface area contributed by atoms with Crippen molar-refractivity contribution in [3.8, 4) is 0 Å². The lowest BCUT2D eigenvalue weighted by atomic mass is 9.84. The van der Waals surface area contributed by atoms with Gasteiger partial charge in [0.2, 0.25) is 5.91 Å². The van der Waals surface area contributed by atoms with Crippen LogP contribution in [0.2, 0.25) is 0 Å². The van der Waals surface area contributed by atoms with Gasteiger partial charge in [0.15, 0.2) is 0 Å². The molecule has 180 valence electrons. The molecule has 6 heteroatoms. The number of nitrogens with zero attached hydrogens (tertiary/aromatic N) is 3. The van der Waals surface area contributed by atoms with Crippen molar-refractivity contribution in [1.29, 1.82) is 0 Å². The van der Waals surface area contributed by atoms with Gasteiger partial charge >= 0.3 is 0 Å². The number of allylic oxidation sites excluding steroid dienone is 3. The third-order valence-electron chi connectivity index (χ3n) is 7.11. The maximum atomic E-state index is 13.0. The summed E-state index contributed by atoms with van der Waals surface area (Å²) in [5.41, 5.74) is 3.02. The Bertz CT molecular complexity index is 1080. The van der Waals surface area contributed by atoms with Crippen LogP contribution in [0.4, 0.5) is 5.82 Å². The zero-order chi connectivity index (χ0) is 24.1. The van der Waals surface area contributed by atoms with Crippen molar-refractivity contribution in [3.05, 3.63) is 67.0 Å². The summed E-state index contributed by atoms with van der Waals surface area (Å²) in [4.78, 5) is 22.1. The second-order valence-electron chi connectivity index (χ2n) is 9.36. The molecule has 1 saturated heterocycles. The third kappa shape index (κ3) is 5.57. The number of morpholine rings is 1. The molecule has 1 amide bonds. The fourth-order valence-electron chi connectivity index (χ4n) is 4.96. The van der Waals surface area contributed by atoms with Gasteiger partial charge in [0, 0.05) is 55.1 Å². The summed E-state index contributed by atoms with van der Waals surface area (Å²) < 4.78 is 5.47. The van der Waals surface area contributed by atoms with Gasteiger partial charge in [-0.15, -0.1) is 0 Å². The highest BCUT2D eigenvalue weighted by Gasteiger charge is 2.30. The van der Waals surface area contributed by atoms with Crippen molar-refractivity contribution in [3.63, 3.8) is 0 Å². The Morgan fingerprint density at radius 3 is 2.59 bits per heavy atom. The normalized spacial score (nSPS) is 21.8. The Labute approximate surface area is 203 Å². The van der Waals surface area contributed by atoms with Gasteiger partial charge in [0.05, 0.1) is 13.2 Å². The lowest BCUT2D eigenvalue weighted by Crippen LogP contribution is -2.45. The molecule has 0 spiro atoms. The number of pyridine rings is 1. The average Bonchev–Trinajstić information content (AvgIpc) is 2.87. The van der Waals surface area contributed by atoms with Crippen molar-refractivity contribution in [2.24, 2.45) is 5.92 Å². The first kappa shape index (κ1) is 24.2. The minimum absolute atomic E-state index is 0.0486. The van der Waals surface area contributed by atoms with Crippen molar-refractivity contribution in [2.45, 2.75) is 38.6 Å². The quantitative estimate of drug-likeness (QED) is 0.586. The van der Waals surface area contributed by atoms with E-state index in [1.54, 1.807) is 6.08 Å². The number of rotatable bonds is 7. The van der Waals surface area contributed by atoms with Crippen LogP contribution in [0, 0.1) is 5.92 Å². The maximum absolute atomic E-state index is 13.0. The molecule has 1 aromatic carbocycles. The molecule has 2 aliphatic rings. The molecule has 0 bridgehead atoms. The summed E-state index contributed by atoms with van der Waals surface area (Å²) in [6.07, 6.45) is 9.58. The Kier molecular flexibility index (Phi) is 7.80. The smallest absolute Gasteiger partial charge is 0.228 e. The molecule has 0 atom stereocenters. The molecular formula is C28H36N4O2. The largest absolute Gasteiger partial charge is 0.379 e. The molecular weight excluding hydrogens is 424 g/mol. The summed E-state index contributed by atoms with van der Waals surface area (Å²) in [5, 5.41) is 5.14. The second kappa shape index (κ2) is 11.0. The van der Waals surface area contributed by atoms with Crippen LogP contribution in [-0.4, -0.2) is 60.1 Å². The van der Waals surface area contributed by atoms with Crippen LogP contribution < -0.4 is 5.32 Å². The topological polar surface area (TPSA) is 57.7 Å². The predicted molar refractivity (Wildman–Crippen MR) is 139 cm³/mol. The van der Waals surface area contributed by atoms with Crippen LogP contribution in [0.3, 0.4) is 0 Å². The molecule has 1 N–H and O–H groups in total. The second-order valence-corrected chi connectivity index (χ2v) is 9.36. The number of benzene rings is 1. The van der Waals surface area contributed by atoms with Crippen molar-refractivity contribution >= 4 is 28.2 Å². The van der Waals surface area contributed by atoms with Crippen molar-refractivity contribution < 1.29 is 9.53 Å². The number of aromatic nitrogens is 1. The van der Waals surface area contributed by atoms with E-state index in [9.17, 15) is 4.79 Å². The average molecular weight is 461 g/mol. The molecule has 1 aromatic heterocycles. The van der Waals surface area contributed by atoms with E-state index in [-0.39, 0.29) is 11.8 Å². The van der Waals surface area contributed by atoms with E-state index in [1.807, 2.05) is 37.2 Å². The van der Waals surface area contributed by atoms with Crippen LogP contribution >= 0.6 is 0 Å². The van der Waals surface area contributed by atoms with E-state index in [1.165, 1.54) is 0 Å². The number of hydrogen-bond acceptors (Lipinski definition) is 5.